The molecule has 0 radical (unpaired) electrons. The summed E-state index contributed by atoms with van der Waals surface area (Å²) in [5.41, 5.74) is 1.33. The van der Waals surface area contributed by atoms with E-state index in [1.807, 2.05) is 10.9 Å². The third-order valence-corrected chi connectivity index (χ3v) is 2.41. The maximum absolute atomic E-state index is 5.40. The molecule has 1 N–H and O–H groups in total. The monoisotopic (exact) mass is 255 g/mol. The lowest BCUT2D eigenvalue weighted by Crippen LogP contribution is -2.34. The fraction of sp³-hybridized carbons (Fsp3) is 0.769. The molecule has 0 aliphatic rings. The Hall–Kier alpha value is -0.910. The van der Waals surface area contributed by atoms with E-state index >= 15 is 0 Å². The van der Waals surface area contributed by atoms with Gasteiger partial charge in [-0.1, -0.05) is 0 Å². The molecule has 1 aromatic heterocycles. The van der Waals surface area contributed by atoms with E-state index in [2.05, 4.69) is 37.4 Å². The van der Waals surface area contributed by atoms with Crippen LogP contribution >= 0.6 is 0 Å². The van der Waals surface area contributed by atoms with E-state index < -0.39 is 0 Å². The summed E-state index contributed by atoms with van der Waals surface area (Å²) in [4.78, 5) is 0. The molecule has 0 saturated carbocycles. The van der Waals surface area contributed by atoms with Crippen molar-refractivity contribution < 1.29 is 9.47 Å². The average Bonchev–Trinajstić information content (AvgIpc) is 2.73. The van der Waals surface area contributed by atoms with Gasteiger partial charge in [0.05, 0.1) is 32.6 Å². The molecule has 0 aliphatic heterocycles. The van der Waals surface area contributed by atoms with Crippen molar-refractivity contribution >= 4 is 0 Å². The second kappa shape index (κ2) is 7.51. The minimum absolute atomic E-state index is 0.130. The standard InChI is InChI=1S/C13H25N3O2/c1-13(2,3)14-9-12-10-15-16(11-12)5-6-18-8-7-17-4/h10-11,14H,5-9H2,1-4H3. The number of hydrogen-bond donors (Lipinski definition) is 1. The van der Waals surface area contributed by atoms with E-state index in [9.17, 15) is 0 Å². The van der Waals surface area contributed by atoms with Gasteiger partial charge in [0, 0.05) is 31.0 Å². The number of methoxy groups -OCH3 is 1. The molecule has 0 aromatic carbocycles. The van der Waals surface area contributed by atoms with Crippen molar-refractivity contribution in [3.05, 3.63) is 18.0 Å². The Morgan fingerprint density at radius 2 is 2.06 bits per heavy atom. The second-order valence-electron chi connectivity index (χ2n) is 5.32. The molecule has 18 heavy (non-hydrogen) atoms. The Balaban J connectivity index is 2.22. The molecule has 0 amide bonds. The van der Waals surface area contributed by atoms with E-state index in [-0.39, 0.29) is 5.54 Å². The van der Waals surface area contributed by atoms with Crippen LogP contribution in [0, 0.1) is 0 Å². The molecule has 0 fully saturated rings. The van der Waals surface area contributed by atoms with Gasteiger partial charge in [0.2, 0.25) is 0 Å². The SMILES string of the molecule is COCCOCCn1cc(CNC(C)(C)C)cn1. The molecule has 1 heterocycles. The zero-order valence-electron chi connectivity index (χ0n) is 11.9. The predicted octanol–water partition coefficient (Wildman–Crippen LogP) is 1.43. The van der Waals surface area contributed by atoms with Gasteiger partial charge in [-0.3, -0.25) is 4.68 Å². The van der Waals surface area contributed by atoms with Crippen molar-refractivity contribution in [2.45, 2.75) is 39.4 Å². The molecular formula is C13H25N3O2. The van der Waals surface area contributed by atoms with Crippen LogP contribution < -0.4 is 5.32 Å². The first-order valence-electron chi connectivity index (χ1n) is 6.34. The highest BCUT2D eigenvalue weighted by Crippen LogP contribution is 2.03. The molecule has 104 valence electrons. The minimum Gasteiger partial charge on any atom is -0.382 e. The van der Waals surface area contributed by atoms with Crippen LogP contribution in [0.25, 0.3) is 0 Å². The van der Waals surface area contributed by atoms with E-state index in [1.54, 1.807) is 7.11 Å². The first-order valence-corrected chi connectivity index (χ1v) is 6.34. The number of hydrogen-bond acceptors (Lipinski definition) is 4. The van der Waals surface area contributed by atoms with Crippen molar-refractivity contribution in [2.24, 2.45) is 0 Å². The zero-order chi connectivity index (χ0) is 13.4. The maximum atomic E-state index is 5.40. The molecule has 5 nitrogen and oxygen atoms in total. The topological polar surface area (TPSA) is 48.3 Å². The van der Waals surface area contributed by atoms with Gasteiger partial charge < -0.3 is 14.8 Å². The van der Waals surface area contributed by atoms with Gasteiger partial charge in [0.1, 0.15) is 0 Å². The molecular weight excluding hydrogens is 230 g/mol. The van der Waals surface area contributed by atoms with Crippen LogP contribution in [0.15, 0.2) is 12.4 Å². The number of ether oxygens (including phenoxy) is 2. The highest BCUT2D eigenvalue weighted by molar-refractivity contribution is 5.03. The number of nitrogens with one attached hydrogen (secondary N) is 1. The summed E-state index contributed by atoms with van der Waals surface area (Å²) in [6.07, 6.45) is 3.95. The van der Waals surface area contributed by atoms with E-state index in [4.69, 9.17) is 9.47 Å². The quantitative estimate of drug-likeness (QED) is 0.714. The first-order chi connectivity index (χ1) is 8.51. The smallest absolute Gasteiger partial charge is 0.0701 e. The summed E-state index contributed by atoms with van der Waals surface area (Å²) in [6.45, 7) is 10.0. The van der Waals surface area contributed by atoms with Crippen LogP contribution in [0.5, 0.6) is 0 Å². The zero-order valence-corrected chi connectivity index (χ0v) is 11.9. The molecule has 0 saturated heterocycles. The van der Waals surface area contributed by atoms with E-state index in [1.165, 1.54) is 5.56 Å². The van der Waals surface area contributed by atoms with Crippen LogP contribution in [0.2, 0.25) is 0 Å². The fourth-order valence-electron chi connectivity index (χ4n) is 1.39. The average molecular weight is 255 g/mol. The Bertz CT molecular complexity index is 331. The summed E-state index contributed by atoms with van der Waals surface area (Å²) in [6, 6.07) is 0. The number of rotatable bonds is 8. The van der Waals surface area contributed by atoms with Gasteiger partial charge in [-0.25, -0.2) is 0 Å². The Morgan fingerprint density at radius 1 is 1.28 bits per heavy atom. The molecule has 5 heteroatoms. The third-order valence-electron chi connectivity index (χ3n) is 2.41. The van der Waals surface area contributed by atoms with Crippen LogP contribution in [-0.4, -0.2) is 42.2 Å². The van der Waals surface area contributed by atoms with Gasteiger partial charge >= 0.3 is 0 Å². The van der Waals surface area contributed by atoms with E-state index in [0.717, 1.165) is 13.1 Å². The molecule has 0 bridgehead atoms. The highest BCUT2D eigenvalue weighted by atomic mass is 16.5. The van der Waals surface area contributed by atoms with Crippen molar-refractivity contribution in [3.63, 3.8) is 0 Å². The maximum Gasteiger partial charge on any atom is 0.0701 e. The molecule has 1 rings (SSSR count). The van der Waals surface area contributed by atoms with Crippen LogP contribution in [-0.2, 0) is 22.6 Å². The van der Waals surface area contributed by atoms with Crippen molar-refractivity contribution in [1.29, 1.82) is 0 Å². The summed E-state index contributed by atoms with van der Waals surface area (Å²) in [5, 5.41) is 7.73. The van der Waals surface area contributed by atoms with Gasteiger partial charge in [0.15, 0.2) is 0 Å². The Labute approximate surface area is 109 Å². The lowest BCUT2D eigenvalue weighted by molar-refractivity contribution is 0.0654. The van der Waals surface area contributed by atoms with Crippen LogP contribution in [0.1, 0.15) is 26.3 Å². The highest BCUT2D eigenvalue weighted by Gasteiger charge is 2.09. The largest absolute Gasteiger partial charge is 0.382 e. The number of aromatic nitrogens is 2. The minimum atomic E-state index is 0.130. The number of nitrogens with zero attached hydrogens (tertiary/aromatic N) is 2. The summed E-state index contributed by atoms with van der Waals surface area (Å²) in [5.74, 6) is 0. The molecule has 0 atom stereocenters. The Morgan fingerprint density at radius 3 is 2.72 bits per heavy atom. The lowest BCUT2D eigenvalue weighted by Gasteiger charge is -2.19. The van der Waals surface area contributed by atoms with Gasteiger partial charge in [-0.2, -0.15) is 5.10 Å². The normalized spacial score (nSPS) is 12.0. The van der Waals surface area contributed by atoms with Crippen LogP contribution in [0.4, 0.5) is 0 Å². The summed E-state index contributed by atoms with van der Waals surface area (Å²) < 4.78 is 12.2. The van der Waals surface area contributed by atoms with Gasteiger partial charge in [0.25, 0.3) is 0 Å². The van der Waals surface area contributed by atoms with E-state index in [0.29, 0.717) is 19.8 Å². The molecule has 1 aromatic rings. The third kappa shape index (κ3) is 6.74. The summed E-state index contributed by atoms with van der Waals surface area (Å²) >= 11 is 0. The van der Waals surface area contributed by atoms with Crippen molar-refractivity contribution in [1.82, 2.24) is 15.1 Å². The van der Waals surface area contributed by atoms with Gasteiger partial charge in [-0.05, 0) is 20.8 Å². The van der Waals surface area contributed by atoms with Gasteiger partial charge in [-0.15, -0.1) is 0 Å². The molecule has 0 unspecified atom stereocenters. The predicted molar refractivity (Wildman–Crippen MR) is 71.5 cm³/mol. The Kier molecular flexibility index (Phi) is 6.32. The molecule has 0 spiro atoms. The summed E-state index contributed by atoms with van der Waals surface area (Å²) in [7, 11) is 1.67. The lowest BCUT2D eigenvalue weighted by atomic mass is 10.1. The van der Waals surface area contributed by atoms with Crippen molar-refractivity contribution in [2.75, 3.05) is 26.9 Å². The first kappa shape index (κ1) is 15.1. The van der Waals surface area contributed by atoms with Crippen molar-refractivity contribution in [3.8, 4) is 0 Å². The fourth-order valence-corrected chi connectivity index (χ4v) is 1.39. The molecule has 0 aliphatic carbocycles. The second-order valence-corrected chi connectivity index (χ2v) is 5.32. The van der Waals surface area contributed by atoms with Crippen LogP contribution in [0.3, 0.4) is 0 Å².